The molecule has 0 spiro atoms. The molecule has 2 rings (SSSR count). The highest BCUT2D eigenvalue weighted by atomic mass is 32.2. The second kappa shape index (κ2) is 4.02. The minimum absolute atomic E-state index is 0.112. The topological polar surface area (TPSA) is 72.6 Å². The van der Waals surface area contributed by atoms with Gasteiger partial charge in [-0.05, 0) is 12.8 Å². The van der Waals surface area contributed by atoms with Crippen molar-refractivity contribution in [1.82, 2.24) is 4.90 Å². The first-order chi connectivity index (χ1) is 7.15. The van der Waals surface area contributed by atoms with E-state index in [-0.39, 0.29) is 17.3 Å². The second-order valence-corrected chi connectivity index (χ2v) is 4.97. The molecule has 2 aliphatic rings. The molecule has 0 aromatic carbocycles. The minimum Gasteiger partial charge on any atom is -0.467 e. The molecular weight excluding hydrogens is 216 g/mol. The van der Waals surface area contributed by atoms with Gasteiger partial charge in [0.15, 0.2) is 0 Å². The molecule has 0 saturated carbocycles. The lowest BCUT2D eigenvalue weighted by molar-refractivity contribution is -0.151. The van der Waals surface area contributed by atoms with Crippen LogP contribution in [-0.2, 0) is 14.3 Å². The molecule has 3 unspecified atom stereocenters. The van der Waals surface area contributed by atoms with Crippen LogP contribution in [0.1, 0.15) is 12.8 Å². The van der Waals surface area contributed by atoms with Crippen molar-refractivity contribution >= 4 is 23.6 Å². The van der Waals surface area contributed by atoms with Crippen LogP contribution in [0.5, 0.6) is 0 Å². The normalized spacial score (nSPS) is 35.2. The van der Waals surface area contributed by atoms with E-state index in [1.807, 2.05) is 0 Å². The Kier molecular flexibility index (Phi) is 2.88. The van der Waals surface area contributed by atoms with E-state index in [4.69, 9.17) is 5.73 Å². The summed E-state index contributed by atoms with van der Waals surface area (Å²) < 4.78 is 4.68. The average molecular weight is 230 g/mol. The fourth-order valence-electron chi connectivity index (χ4n) is 2.08. The zero-order valence-electron chi connectivity index (χ0n) is 8.51. The Bertz CT molecular complexity index is 297. The van der Waals surface area contributed by atoms with E-state index in [1.165, 1.54) is 7.11 Å². The highest BCUT2D eigenvalue weighted by molar-refractivity contribution is 8.00. The first-order valence-electron chi connectivity index (χ1n) is 4.92. The lowest BCUT2D eigenvalue weighted by Gasteiger charge is -2.35. The van der Waals surface area contributed by atoms with Gasteiger partial charge >= 0.3 is 5.97 Å². The molecule has 0 radical (unpaired) electrons. The number of carbonyl (C=O) groups excluding carboxylic acids is 2. The van der Waals surface area contributed by atoms with Crippen LogP contribution >= 0.6 is 11.8 Å². The number of amides is 1. The Balaban J connectivity index is 2.17. The Labute approximate surface area is 92.3 Å². The third-order valence-electron chi connectivity index (χ3n) is 2.85. The third-order valence-corrected chi connectivity index (χ3v) is 4.25. The molecule has 2 aliphatic heterocycles. The fourth-order valence-corrected chi connectivity index (χ4v) is 3.37. The lowest BCUT2D eigenvalue weighted by atomic mass is 10.2. The number of nitrogens with two attached hydrogens (primary N) is 1. The van der Waals surface area contributed by atoms with Crippen molar-refractivity contribution in [3.8, 4) is 0 Å². The molecule has 2 heterocycles. The number of ether oxygens (including phenoxy) is 1. The summed E-state index contributed by atoms with van der Waals surface area (Å²) >= 11 is 1.65. The number of rotatable bonds is 1. The molecular formula is C9H14N2O3S. The number of methoxy groups -OCH3 is 1. The SMILES string of the molecule is COC(=O)C1CCC2SCC(N)C(=O)N21. The predicted molar refractivity (Wildman–Crippen MR) is 56.1 cm³/mol. The number of esters is 1. The molecule has 0 aromatic rings. The fraction of sp³-hybridized carbons (Fsp3) is 0.778. The van der Waals surface area contributed by atoms with Gasteiger partial charge in [0.05, 0.1) is 18.5 Å². The van der Waals surface area contributed by atoms with Crippen LogP contribution in [0.25, 0.3) is 0 Å². The van der Waals surface area contributed by atoms with Gasteiger partial charge in [0.2, 0.25) is 5.91 Å². The largest absolute Gasteiger partial charge is 0.467 e. The van der Waals surface area contributed by atoms with E-state index in [1.54, 1.807) is 16.7 Å². The maximum Gasteiger partial charge on any atom is 0.328 e. The summed E-state index contributed by atoms with van der Waals surface area (Å²) in [5.74, 6) is 0.195. The van der Waals surface area contributed by atoms with Crippen molar-refractivity contribution in [2.45, 2.75) is 30.3 Å². The van der Waals surface area contributed by atoms with Crippen LogP contribution in [-0.4, -0.2) is 47.1 Å². The number of carbonyl (C=O) groups is 2. The van der Waals surface area contributed by atoms with Gasteiger partial charge in [-0.15, -0.1) is 11.8 Å². The molecule has 2 fully saturated rings. The van der Waals surface area contributed by atoms with E-state index in [0.29, 0.717) is 12.2 Å². The van der Waals surface area contributed by atoms with Crippen molar-refractivity contribution in [2.75, 3.05) is 12.9 Å². The monoisotopic (exact) mass is 230 g/mol. The van der Waals surface area contributed by atoms with Gasteiger partial charge in [-0.2, -0.15) is 0 Å². The quantitative estimate of drug-likeness (QED) is 0.618. The Morgan fingerprint density at radius 2 is 2.33 bits per heavy atom. The van der Waals surface area contributed by atoms with Gasteiger partial charge < -0.3 is 15.4 Å². The first-order valence-corrected chi connectivity index (χ1v) is 5.97. The molecule has 2 N–H and O–H groups in total. The van der Waals surface area contributed by atoms with Gasteiger partial charge in [0.1, 0.15) is 6.04 Å². The highest BCUT2D eigenvalue weighted by Crippen LogP contribution is 2.36. The van der Waals surface area contributed by atoms with E-state index >= 15 is 0 Å². The summed E-state index contributed by atoms with van der Waals surface area (Å²) in [6, 6.07) is -0.900. The number of fused-ring (bicyclic) bond motifs is 1. The molecule has 1 amide bonds. The van der Waals surface area contributed by atoms with Gasteiger partial charge in [0.25, 0.3) is 0 Å². The molecule has 0 aliphatic carbocycles. The Morgan fingerprint density at radius 3 is 3.00 bits per heavy atom. The number of thioether (sulfide) groups is 1. The summed E-state index contributed by atoms with van der Waals surface area (Å²) in [6.45, 7) is 0. The van der Waals surface area contributed by atoms with Crippen molar-refractivity contribution in [3.63, 3.8) is 0 Å². The molecule has 0 aromatic heterocycles. The van der Waals surface area contributed by atoms with Crippen molar-refractivity contribution in [1.29, 1.82) is 0 Å². The van der Waals surface area contributed by atoms with Crippen LogP contribution in [0.3, 0.4) is 0 Å². The van der Waals surface area contributed by atoms with E-state index < -0.39 is 12.1 Å². The van der Waals surface area contributed by atoms with Crippen molar-refractivity contribution in [3.05, 3.63) is 0 Å². The zero-order chi connectivity index (χ0) is 11.0. The second-order valence-electron chi connectivity index (χ2n) is 3.76. The zero-order valence-corrected chi connectivity index (χ0v) is 9.33. The number of hydrogen-bond acceptors (Lipinski definition) is 5. The lowest BCUT2D eigenvalue weighted by Crippen LogP contribution is -2.55. The third kappa shape index (κ3) is 1.72. The van der Waals surface area contributed by atoms with Crippen LogP contribution in [0.4, 0.5) is 0 Å². The van der Waals surface area contributed by atoms with Crippen LogP contribution < -0.4 is 5.73 Å². The van der Waals surface area contributed by atoms with Crippen molar-refractivity contribution < 1.29 is 14.3 Å². The molecule has 84 valence electrons. The average Bonchev–Trinajstić information content (AvgIpc) is 2.67. The van der Waals surface area contributed by atoms with Gasteiger partial charge in [-0.3, -0.25) is 4.79 Å². The summed E-state index contributed by atoms with van der Waals surface area (Å²) in [4.78, 5) is 24.9. The van der Waals surface area contributed by atoms with E-state index in [0.717, 1.165) is 6.42 Å². The van der Waals surface area contributed by atoms with Gasteiger partial charge in [-0.25, -0.2) is 4.79 Å². The molecule has 15 heavy (non-hydrogen) atoms. The summed E-state index contributed by atoms with van der Waals surface area (Å²) in [6.07, 6.45) is 1.53. The van der Waals surface area contributed by atoms with Crippen LogP contribution in [0, 0.1) is 0 Å². The highest BCUT2D eigenvalue weighted by Gasteiger charge is 2.45. The molecule has 6 heteroatoms. The van der Waals surface area contributed by atoms with Crippen LogP contribution in [0.15, 0.2) is 0 Å². The smallest absolute Gasteiger partial charge is 0.328 e. The van der Waals surface area contributed by atoms with E-state index in [2.05, 4.69) is 4.74 Å². The van der Waals surface area contributed by atoms with Crippen molar-refractivity contribution in [2.24, 2.45) is 5.73 Å². The van der Waals surface area contributed by atoms with Gasteiger partial charge in [0, 0.05) is 5.75 Å². The molecule has 5 nitrogen and oxygen atoms in total. The summed E-state index contributed by atoms with van der Waals surface area (Å²) in [5, 5.41) is 0.112. The molecule has 2 saturated heterocycles. The molecule has 0 bridgehead atoms. The predicted octanol–water partition coefficient (Wildman–Crippen LogP) is -0.449. The minimum atomic E-state index is -0.475. The Morgan fingerprint density at radius 1 is 1.60 bits per heavy atom. The maximum atomic E-state index is 11.8. The number of hydrogen-bond donors (Lipinski definition) is 1. The maximum absolute atomic E-state index is 11.8. The van der Waals surface area contributed by atoms with Crippen LogP contribution in [0.2, 0.25) is 0 Å². The Hall–Kier alpha value is -0.750. The van der Waals surface area contributed by atoms with Gasteiger partial charge in [-0.1, -0.05) is 0 Å². The summed E-state index contributed by atoms with van der Waals surface area (Å²) in [5.41, 5.74) is 5.67. The number of nitrogens with zero attached hydrogens (tertiary/aromatic N) is 1. The molecule has 3 atom stereocenters. The first kappa shape index (κ1) is 10.8. The summed E-state index contributed by atoms with van der Waals surface area (Å²) in [7, 11) is 1.34. The standard InChI is InChI=1S/C9H14N2O3S/c1-14-9(13)6-2-3-7-11(6)8(12)5(10)4-15-7/h5-7H,2-4,10H2,1H3. The van der Waals surface area contributed by atoms with E-state index in [9.17, 15) is 9.59 Å².